The Balaban J connectivity index is 2.69. The molecule has 5 heteroatoms. The van der Waals surface area contributed by atoms with E-state index in [1.165, 1.54) is 0 Å². The monoisotopic (exact) mass is 223 g/mol. The molecule has 1 aromatic carbocycles. The first-order valence-electron chi connectivity index (χ1n) is 4.33. The molecule has 0 radical (unpaired) electrons. The predicted octanol–water partition coefficient (Wildman–Crippen LogP) is 1.48. The SMILES string of the molecule is O=P#CN[C@@H](Cc1ccccc1)C(=O)O. The molecule has 0 spiro atoms. The molecule has 15 heavy (non-hydrogen) atoms. The number of carboxylic acid groups (broad SMARTS) is 1. The Morgan fingerprint density at radius 3 is 2.67 bits per heavy atom. The van der Waals surface area contributed by atoms with Gasteiger partial charge in [-0.15, -0.1) is 0 Å². The van der Waals surface area contributed by atoms with Crippen molar-refractivity contribution in [3.05, 3.63) is 35.9 Å². The summed E-state index contributed by atoms with van der Waals surface area (Å²) >= 11 is 0. The van der Waals surface area contributed by atoms with Gasteiger partial charge < -0.3 is 0 Å². The molecule has 0 amide bonds. The van der Waals surface area contributed by atoms with Gasteiger partial charge in [-0.3, -0.25) is 0 Å². The van der Waals surface area contributed by atoms with Crippen LogP contribution in [0.3, 0.4) is 0 Å². The van der Waals surface area contributed by atoms with E-state index in [0.717, 1.165) is 5.56 Å². The van der Waals surface area contributed by atoms with Gasteiger partial charge in [-0.25, -0.2) is 0 Å². The summed E-state index contributed by atoms with van der Waals surface area (Å²) in [5.74, 6) is 1.25. The van der Waals surface area contributed by atoms with Crippen LogP contribution in [0, 0.1) is 5.75 Å². The van der Waals surface area contributed by atoms with Gasteiger partial charge in [-0.1, -0.05) is 0 Å². The fourth-order valence-electron chi connectivity index (χ4n) is 1.15. The second-order valence-corrected chi connectivity index (χ2v) is 3.33. The topological polar surface area (TPSA) is 66.4 Å². The number of rotatable bonds is 4. The molecule has 0 fully saturated rings. The van der Waals surface area contributed by atoms with Crippen LogP contribution >= 0.6 is 7.92 Å². The number of nitrogens with one attached hydrogen (secondary N) is 1. The number of benzene rings is 1. The summed E-state index contributed by atoms with van der Waals surface area (Å²) in [6.07, 6.45) is 0.332. The molecule has 0 heterocycles. The molecule has 0 aromatic heterocycles. The normalized spacial score (nSPS) is 11.5. The number of aliphatic carboxylic acids is 1. The van der Waals surface area contributed by atoms with E-state index in [1.807, 2.05) is 30.3 Å². The standard InChI is InChI=1S/C10H10NO3P/c12-10(13)9(11-7-15-14)6-8-4-2-1-3-5-8/h1-5,9,11H,6H2,(H,12,13)/t9-/m0/s1. The van der Waals surface area contributed by atoms with Gasteiger partial charge in [0.25, 0.3) is 0 Å². The first-order chi connectivity index (χ1) is 7.24. The number of carbonyl (C=O) groups is 1. The molecule has 0 saturated carbocycles. The van der Waals surface area contributed by atoms with E-state index < -0.39 is 12.0 Å². The van der Waals surface area contributed by atoms with E-state index in [2.05, 4.69) is 11.1 Å². The van der Waals surface area contributed by atoms with Crippen molar-refractivity contribution in [2.75, 3.05) is 0 Å². The third-order valence-corrected chi connectivity index (χ3v) is 2.09. The summed E-state index contributed by atoms with van der Waals surface area (Å²) in [5, 5.41) is 11.3. The fraction of sp³-hybridized carbons (Fsp3) is 0.200. The van der Waals surface area contributed by atoms with Crippen LogP contribution in [0.5, 0.6) is 0 Å². The maximum absolute atomic E-state index is 10.8. The molecule has 0 unspecified atom stereocenters. The molecule has 0 aliphatic heterocycles. The van der Waals surface area contributed by atoms with Gasteiger partial charge >= 0.3 is 87.8 Å². The van der Waals surface area contributed by atoms with Gasteiger partial charge in [0.05, 0.1) is 0 Å². The maximum atomic E-state index is 10.8. The average molecular weight is 223 g/mol. The molecule has 2 N–H and O–H groups in total. The van der Waals surface area contributed by atoms with Crippen molar-refractivity contribution in [2.45, 2.75) is 12.5 Å². The van der Waals surface area contributed by atoms with Gasteiger partial charge in [-0.2, -0.15) is 0 Å². The van der Waals surface area contributed by atoms with Crippen LogP contribution < -0.4 is 5.32 Å². The minimum atomic E-state index is -0.991. The average Bonchev–Trinajstić information content (AvgIpc) is 2.25. The van der Waals surface area contributed by atoms with Gasteiger partial charge in [0.15, 0.2) is 0 Å². The number of hydrogen-bond donors (Lipinski definition) is 2. The van der Waals surface area contributed by atoms with Crippen molar-refractivity contribution in [3.63, 3.8) is 0 Å². The zero-order valence-electron chi connectivity index (χ0n) is 7.88. The van der Waals surface area contributed by atoms with Crippen LogP contribution in [0.4, 0.5) is 0 Å². The van der Waals surface area contributed by atoms with E-state index in [4.69, 9.17) is 5.11 Å². The van der Waals surface area contributed by atoms with E-state index in [0.29, 0.717) is 6.42 Å². The molecular weight excluding hydrogens is 213 g/mol. The van der Waals surface area contributed by atoms with E-state index >= 15 is 0 Å². The van der Waals surface area contributed by atoms with Gasteiger partial charge in [-0.05, 0) is 0 Å². The molecule has 1 rings (SSSR count). The Labute approximate surface area is 88.4 Å². The third-order valence-electron chi connectivity index (χ3n) is 1.87. The van der Waals surface area contributed by atoms with Crippen molar-refractivity contribution in [2.24, 2.45) is 0 Å². The zero-order valence-corrected chi connectivity index (χ0v) is 8.78. The van der Waals surface area contributed by atoms with Crippen LogP contribution in [0.2, 0.25) is 0 Å². The summed E-state index contributed by atoms with van der Waals surface area (Å²) in [7, 11) is -0.343. The second kappa shape index (κ2) is 6.20. The summed E-state index contributed by atoms with van der Waals surface area (Å²) in [6, 6.07) is 8.43. The van der Waals surface area contributed by atoms with E-state index in [1.54, 1.807) is 0 Å². The fourth-order valence-corrected chi connectivity index (χ4v) is 1.36. The van der Waals surface area contributed by atoms with Crippen molar-refractivity contribution in [1.29, 1.82) is 0 Å². The Bertz CT molecular complexity index is 426. The molecular formula is C10H10NO3P. The van der Waals surface area contributed by atoms with Crippen LogP contribution in [0.1, 0.15) is 5.56 Å². The van der Waals surface area contributed by atoms with Gasteiger partial charge in [0.1, 0.15) is 0 Å². The Hall–Kier alpha value is -1.34. The van der Waals surface area contributed by atoms with Crippen molar-refractivity contribution >= 4 is 13.9 Å². The van der Waals surface area contributed by atoms with E-state index in [9.17, 15) is 9.36 Å². The van der Waals surface area contributed by atoms with Gasteiger partial charge in [0.2, 0.25) is 0 Å². The molecule has 1 atom stereocenters. The third kappa shape index (κ3) is 4.13. The van der Waals surface area contributed by atoms with Crippen LogP contribution in [0.15, 0.2) is 30.3 Å². The molecule has 0 bridgehead atoms. The first kappa shape index (κ1) is 11.7. The Kier molecular flexibility index (Phi) is 4.85. The van der Waals surface area contributed by atoms with Crippen LogP contribution in [0.25, 0.3) is 0 Å². The predicted molar refractivity (Wildman–Crippen MR) is 56.2 cm³/mol. The quantitative estimate of drug-likeness (QED) is 0.599. The van der Waals surface area contributed by atoms with Crippen molar-refractivity contribution in [3.8, 4) is 5.75 Å². The Morgan fingerprint density at radius 1 is 1.47 bits per heavy atom. The Morgan fingerprint density at radius 2 is 2.13 bits per heavy atom. The summed E-state index contributed by atoms with van der Waals surface area (Å²) in [6.45, 7) is 0. The van der Waals surface area contributed by atoms with Gasteiger partial charge in [0, 0.05) is 0 Å². The number of hydrogen-bond acceptors (Lipinski definition) is 3. The zero-order chi connectivity index (χ0) is 11.1. The van der Waals surface area contributed by atoms with Crippen molar-refractivity contribution < 1.29 is 14.5 Å². The summed E-state index contributed by atoms with van der Waals surface area (Å²) < 4.78 is 10.1. The number of carboxylic acids is 1. The second-order valence-electron chi connectivity index (χ2n) is 2.93. The minimum absolute atomic E-state index is 0.332. The van der Waals surface area contributed by atoms with Crippen LogP contribution in [-0.2, 0) is 15.8 Å². The molecule has 4 nitrogen and oxygen atoms in total. The summed E-state index contributed by atoms with van der Waals surface area (Å²) in [5.41, 5.74) is 0.904. The first-order valence-corrected chi connectivity index (χ1v) is 5.15. The molecule has 0 aliphatic carbocycles. The molecule has 0 saturated heterocycles. The molecule has 1 aromatic rings. The van der Waals surface area contributed by atoms with Crippen LogP contribution in [-0.4, -0.2) is 17.1 Å². The van der Waals surface area contributed by atoms with Crippen molar-refractivity contribution in [1.82, 2.24) is 5.32 Å². The van der Waals surface area contributed by atoms with E-state index in [-0.39, 0.29) is 7.92 Å². The summed E-state index contributed by atoms with van der Waals surface area (Å²) in [4.78, 5) is 10.8. The molecule has 0 aliphatic rings. The molecule has 78 valence electrons.